The van der Waals surface area contributed by atoms with Crippen molar-refractivity contribution >= 4 is 10.9 Å². The zero-order chi connectivity index (χ0) is 22.1. The number of rotatable bonds is 5. The molecule has 7 nitrogen and oxygen atoms in total. The van der Waals surface area contributed by atoms with Gasteiger partial charge in [0.05, 0.1) is 6.54 Å². The third-order valence-electron chi connectivity index (χ3n) is 6.13. The minimum atomic E-state index is -0.362. The normalized spacial score (nSPS) is 15.8. The lowest BCUT2D eigenvalue weighted by Gasteiger charge is -2.33. The molecule has 8 heteroatoms. The van der Waals surface area contributed by atoms with Crippen LogP contribution in [0.2, 0.25) is 0 Å². The summed E-state index contributed by atoms with van der Waals surface area (Å²) in [5.74, 6) is 0.337. The van der Waals surface area contributed by atoms with E-state index in [1.54, 1.807) is 16.8 Å². The van der Waals surface area contributed by atoms with Gasteiger partial charge in [0.25, 0.3) is 5.56 Å². The Labute approximate surface area is 184 Å². The maximum atomic E-state index is 13.3. The predicted octanol–water partition coefficient (Wildman–Crippen LogP) is 3.59. The summed E-state index contributed by atoms with van der Waals surface area (Å²) < 4.78 is 15.1. The fourth-order valence-electron chi connectivity index (χ4n) is 4.50. The molecule has 0 bridgehead atoms. The Kier molecular flexibility index (Phi) is 5.53. The van der Waals surface area contributed by atoms with Crippen LogP contribution in [0, 0.1) is 12.7 Å². The van der Waals surface area contributed by atoms with Gasteiger partial charge in [-0.1, -0.05) is 30.2 Å². The van der Waals surface area contributed by atoms with E-state index in [-0.39, 0.29) is 17.4 Å². The van der Waals surface area contributed by atoms with Crippen molar-refractivity contribution in [1.82, 2.24) is 30.1 Å². The second-order valence-electron chi connectivity index (χ2n) is 8.46. The fraction of sp³-hybridized carbons (Fsp3) is 0.333. The molecule has 1 atom stereocenters. The highest BCUT2D eigenvalue weighted by molar-refractivity contribution is 5.79. The molecule has 1 N–H and O–H groups in total. The zero-order valence-electron chi connectivity index (χ0n) is 18.0. The molecule has 2 aromatic heterocycles. The van der Waals surface area contributed by atoms with Crippen molar-refractivity contribution in [3.63, 3.8) is 0 Å². The van der Waals surface area contributed by atoms with Crippen LogP contribution in [0.5, 0.6) is 0 Å². The van der Waals surface area contributed by atoms with E-state index < -0.39 is 0 Å². The van der Waals surface area contributed by atoms with Gasteiger partial charge in [0.1, 0.15) is 11.9 Å². The molecule has 3 heterocycles. The van der Waals surface area contributed by atoms with Gasteiger partial charge >= 0.3 is 0 Å². The molecule has 0 spiro atoms. The van der Waals surface area contributed by atoms with Crippen LogP contribution in [-0.4, -0.2) is 43.2 Å². The number of nitrogens with zero attached hydrogens (tertiary/aromatic N) is 5. The molecule has 0 amide bonds. The average molecular weight is 433 g/mol. The minimum absolute atomic E-state index is 0.131. The number of halogens is 1. The molecule has 32 heavy (non-hydrogen) atoms. The average Bonchev–Trinajstić information content (AvgIpc) is 3.24. The number of hydrogen-bond donors (Lipinski definition) is 1. The molecule has 0 radical (unpaired) electrons. The summed E-state index contributed by atoms with van der Waals surface area (Å²) >= 11 is 0. The van der Waals surface area contributed by atoms with Crippen LogP contribution >= 0.6 is 0 Å². The first-order valence-corrected chi connectivity index (χ1v) is 11.0. The van der Waals surface area contributed by atoms with Gasteiger partial charge in [0, 0.05) is 11.1 Å². The second-order valence-corrected chi connectivity index (χ2v) is 8.46. The van der Waals surface area contributed by atoms with Gasteiger partial charge in [0.2, 0.25) is 0 Å². The lowest BCUT2D eigenvalue weighted by atomic mass is 10.00. The highest BCUT2D eigenvalue weighted by Crippen LogP contribution is 2.29. The number of tetrazole rings is 1. The topological polar surface area (TPSA) is 79.7 Å². The van der Waals surface area contributed by atoms with Crippen LogP contribution in [-0.2, 0) is 6.54 Å². The maximum Gasteiger partial charge on any atom is 0.253 e. The first-order valence-electron chi connectivity index (χ1n) is 11.0. The van der Waals surface area contributed by atoms with Crippen LogP contribution in [0.25, 0.3) is 10.9 Å². The molecule has 0 aliphatic carbocycles. The molecule has 5 rings (SSSR count). The van der Waals surface area contributed by atoms with E-state index >= 15 is 0 Å². The second kappa shape index (κ2) is 8.63. The number of aromatic nitrogens is 5. The Morgan fingerprint density at radius 1 is 1.06 bits per heavy atom. The van der Waals surface area contributed by atoms with E-state index in [2.05, 4.69) is 31.5 Å². The lowest BCUT2D eigenvalue weighted by molar-refractivity contribution is 0.177. The number of nitrogens with one attached hydrogen (secondary N) is 1. The number of piperidine rings is 1. The number of aromatic amines is 1. The third-order valence-corrected chi connectivity index (χ3v) is 6.13. The summed E-state index contributed by atoms with van der Waals surface area (Å²) in [6.07, 6.45) is 3.32. The predicted molar refractivity (Wildman–Crippen MR) is 120 cm³/mol. The number of H-pyrrole nitrogens is 1. The number of benzene rings is 2. The highest BCUT2D eigenvalue weighted by Gasteiger charge is 2.31. The summed E-state index contributed by atoms with van der Waals surface area (Å²) in [5, 5.41) is 13.5. The van der Waals surface area contributed by atoms with Crippen molar-refractivity contribution in [1.29, 1.82) is 0 Å². The Bertz CT molecular complexity index is 1290. The third kappa shape index (κ3) is 4.05. The van der Waals surface area contributed by atoms with Crippen molar-refractivity contribution in [2.45, 2.75) is 38.8 Å². The maximum absolute atomic E-state index is 13.3. The fourth-order valence-corrected chi connectivity index (χ4v) is 4.50. The van der Waals surface area contributed by atoms with Crippen LogP contribution in [0.15, 0.2) is 53.3 Å². The largest absolute Gasteiger partial charge is 0.322 e. The van der Waals surface area contributed by atoms with Gasteiger partial charge in [-0.05, 0) is 84.6 Å². The van der Waals surface area contributed by atoms with Crippen LogP contribution in [0.1, 0.15) is 47.8 Å². The van der Waals surface area contributed by atoms with Gasteiger partial charge in [-0.25, -0.2) is 9.07 Å². The standard InChI is InChI=1S/C24H25FN6O/c1-16-5-10-21-18(13-16)14-20(24(32)26-21)22(30-11-3-2-4-12-30)23-27-28-29-31(23)15-17-6-8-19(25)9-7-17/h5-10,13-14,22H,2-4,11-12,15H2,1H3,(H,26,32)/t22-/m0/s1. The molecule has 2 aromatic carbocycles. The molecule has 1 aliphatic rings. The van der Waals surface area contributed by atoms with Crippen molar-refractivity contribution in [2.75, 3.05) is 13.1 Å². The Hall–Kier alpha value is -3.39. The first kappa shape index (κ1) is 20.5. The van der Waals surface area contributed by atoms with Crippen molar-refractivity contribution in [2.24, 2.45) is 0 Å². The van der Waals surface area contributed by atoms with E-state index in [0.717, 1.165) is 48.0 Å². The molecule has 164 valence electrons. The lowest BCUT2D eigenvalue weighted by Crippen LogP contribution is -2.38. The molecule has 1 fully saturated rings. The van der Waals surface area contributed by atoms with E-state index in [1.165, 1.54) is 18.6 Å². The quantitative estimate of drug-likeness (QED) is 0.521. The van der Waals surface area contributed by atoms with E-state index in [4.69, 9.17) is 0 Å². The van der Waals surface area contributed by atoms with Crippen LogP contribution in [0.4, 0.5) is 4.39 Å². The Morgan fingerprint density at radius 2 is 1.84 bits per heavy atom. The smallest absolute Gasteiger partial charge is 0.253 e. The van der Waals surface area contributed by atoms with Gasteiger partial charge in [-0.2, -0.15) is 0 Å². The van der Waals surface area contributed by atoms with Crippen molar-refractivity contribution < 1.29 is 4.39 Å². The van der Waals surface area contributed by atoms with Crippen LogP contribution < -0.4 is 5.56 Å². The Morgan fingerprint density at radius 3 is 2.62 bits per heavy atom. The summed E-state index contributed by atoms with van der Waals surface area (Å²) in [5.41, 5.74) is 3.34. The summed E-state index contributed by atoms with van der Waals surface area (Å²) in [7, 11) is 0. The van der Waals surface area contributed by atoms with Gasteiger partial charge in [-0.15, -0.1) is 5.10 Å². The molecule has 0 unspecified atom stereocenters. The summed E-state index contributed by atoms with van der Waals surface area (Å²) in [6, 6.07) is 13.9. The van der Waals surface area contributed by atoms with E-state index in [1.807, 2.05) is 25.1 Å². The number of aryl methyl sites for hydroxylation is 1. The molecular formula is C24H25FN6O. The number of likely N-dealkylation sites (tertiary alicyclic amines) is 1. The van der Waals surface area contributed by atoms with E-state index in [9.17, 15) is 9.18 Å². The first-order chi connectivity index (χ1) is 15.6. The number of hydrogen-bond acceptors (Lipinski definition) is 5. The highest BCUT2D eigenvalue weighted by atomic mass is 19.1. The van der Waals surface area contributed by atoms with E-state index in [0.29, 0.717) is 17.9 Å². The molecule has 4 aromatic rings. The van der Waals surface area contributed by atoms with Gasteiger partial charge in [-0.3, -0.25) is 9.69 Å². The minimum Gasteiger partial charge on any atom is -0.322 e. The monoisotopic (exact) mass is 432 g/mol. The summed E-state index contributed by atoms with van der Waals surface area (Å²) in [4.78, 5) is 18.5. The molecular weight excluding hydrogens is 407 g/mol. The van der Waals surface area contributed by atoms with Crippen LogP contribution in [0.3, 0.4) is 0 Å². The summed E-state index contributed by atoms with van der Waals surface area (Å²) in [6.45, 7) is 4.19. The number of fused-ring (bicyclic) bond motifs is 1. The number of pyridine rings is 1. The zero-order valence-corrected chi connectivity index (χ0v) is 18.0. The Balaban J connectivity index is 1.61. The van der Waals surface area contributed by atoms with Gasteiger partial charge in [0.15, 0.2) is 5.82 Å². The molecule has 0 saturated carbocycles. The molecule has 1 aliphatic heterocycles. The van der Waals surface area contributed by atoms with Crippen molar-refractivity contribution in [3.05, 3.63) is 87.2 Å². The van der Waals surface area contributed by atoms with Gasteiger partial charge < -0.3 is 4.98 Å². The SMILES string of the molecule is Cc1ccc2[nH]c(=O)c([C@@H](c3nnnn3Cc3ccc(F)cc3)N3CCCCC3)cc2c1. The van der Waals surface area contributed by atoms with Crippen molar-refractivity contribution in [3.8, 4) is 0 Å². The molecule has 1 saturated heterocycles.